The van der Waals surface area contributed by atoms with E-state index in [1.807, 2.05) is 25.1 Å². The van der Waals surface area contributed by atoms with Gasteiger partial charge >= 0.3 is 0 Å². The Balaban J connectivity index is 2.22. The molecule has 19 heavy (non-hydrogen) atoms. The number of hydrogen-bond acceptors (Lipinski definition) is 1. The van der Waals surface area contributed by atoms with E-state index in [1.165, 1.54) is 16.7 Å². The molecule has 1 nitrogen and oxygen atoms in total. The summed E-state index contributed by atoms with van der Waals surface area (Å²) in [5, 5.41) is 10.4. The van der Waals surface area contributed by atoms with Crippen molar-refractivity contribution in [3.05, 3.63) is 68.7 Å². The van der Waals surface area contributed by atoms with Gasteiger partial charge in [-0.1, -0.05) is 51.3 Å². The van der Waals surface area contributed by atoms with E-state index in [0.717, 1.165) is 15.6 Å². The zero-order chi connectivity index (χ0) is 14.0. The van der Waals surface area contributed by atoms with Gasteiger partial charge in [0.1, 0.15) is 0 Å². The van der Waals surface area contributed by atoms with E-state index < -0.39 is 6.10 Å². The summed E-state index contributed by atoms with van der Waals surface area (Å²) >= 11 is 3.48. The maximum Gasteiger partial charge on any atom is 0.0830 e. The first-order valence-electron chi connectivity index (χ1n) is 6.46. The Morgan fingerprint density at radius 1 is 0.895 bits per heavy atom. The number of halogens is 1. The van der Waals surface area contributed by atoms with Crippen LogP contribution in [0.1, 0.15) is 33.9 Å². The molecule has 0 aliphatic heterocycles. The van der Waals surface area contributed by atoms with Crippen LogP contribution < -0.4 is 0 Å². The van der Waals surface area contributed by atoms with Gasteiger partial charge in [-0.3, -0.25) is 0 Å². The highest BCUT2D eigenvalue weighted by atomic mass is 79.9. The van der Waals surface area contributed by atoms with E-state index in [0.29, 0.717) is 6.42 Å². The second kappa shape index (κ2) is 5.89. The number of aliphatic hydroxyl groups is 1. The van der Waals surface area contributed by atoms with Crippen LogP contribution in [0, 0.1) is 20.8 Å². The molecule has 0 aliphatic carbocycles. The number of aryl methyl sites for hydroxylation is 3. The summed E-state index contributed by atoms with van der Waals surface area (Å²) in [6.07, 6.45) is 0.190. The van der Waals surface area contributed by atoms with Crippen LogP contribution in [0.3, 0.4) is 0 Å². The Morgan fingerprint density at radius 2 is 1.47 bits per heavy atom. The Bertz CT molecular complexity index is 549. The zero-order valence-electron chi connectivity index (χ0n) is 11.6. The summed E-state index contributed by atoms with van der Waals surface area (Å²) in [5.41, 5.74) is 5.79. The third-order valence-electron chi connectivity index (χ3n) is 3.16. The van der Waals surface area contributed by atoms with Crippen molar-refractivity contribution in [2.24, 2.45) is 0 Å². The van der Waals surface area contributed by atoms with Crippen molar-refractivity contribution in [2.75, 3.05) is 0 Å². The van der Waals surface area contributed by atoms with E-state index in [4.69, 9.17) is 0 Å². The average Bonchev–Trinajstić information content (AvgIpc) is 2.25. The van der Waals surface area contributed by atoms with Crippen LogP contribution in [-0.4, -0.2) is 5.11 Å². The van der Waals surface area contributed by atoms with Crippen molar-refractivity contribution >= 4 is 15.9 Å². The van der Waals surface area contributed by atoms with Crippen molar-refractivity contribution in [3.63, 3.8) is 0 Å². The first-order chi connectivity index (χ1) is 8.94. The lowest BCUT2D eigenvalue weighted by atomic mass is 9.98. The van der Waals surface area contributed by atoms with Gasteiger partial charge in [-0.25, -0.2) is 0 Å². The molecule has 2 aromatic carbocycles. The Hall–Kier alpha value is -1.12. The highest BCUT2D eigenvalue weighted by Gasteiger charge is 2.10. The van der Waals surface area contributed by atoms with E-state index in [9.17, 15) is 5.11 Å². The normalized spacial score (nSPS) is 12.5. The molecule has 0 heterocycles. The van der Waals surface area contributed by atoms with Crippen LogP contribution in [0.4, 0.5) is 0 Å². The number of rotatable bonds is 3. The van der Waals surface area contributed by atoms with Crippen LogP contribution >= 0.6 is 15.9 Å². The van der Waals surface area contributed by atoms with Crippen LogP contribution in [0.25, 0.3) is 0 Å². The highest BCUT2D eigenvalue weighted by Crippen LogP contribution is 2.24. The van der Waals surface area contributed by atoms with Gasteiger partial charge in [-0.2, -0.15) is 0 Å². The maximum atomic E-state index is 10.4. The Labute approximate surface area is 123 Å². The molecule has 0 spiro atoms. The molecule has 0 fully saturated rings. The minimum atomic E-state index is -0.461. The summed E-state index contributed by atoms with van der Waals surface area (Å²) in [5.74, 6) is 0. The lowest BCUT2D eigenvalue weighted by Crippen LogP contribution is -2.03. The van der Waals surface area contributed by atoms with E-state index in [2.05, 4.69) is 48.0 Å². The summed E-state index contributed by atoms with van der Waals surface area (Å²) in [6, 6.07) is 12.5. The number of aliphatic hydroxyl groups excluding tert-OH is 1. The van der Waals surface area contributed by atoms with Gasteiger partial charge in [-0.05, 0) is 49.6 Å². The van der Waals surface area contributed by atoms with Gasteiger partial charge in [0, 0.05) is 10.9 Å². The minimum absolute atomic E-state index is 0.461. The fourth-order valence-corrected chi connectivity index (χ4v) is 3.11. The lowest BCUT2D eigenvalue weighted by Gasteiger charge is -2.13. The number of benzene rings is 2. The summed E-state index contributed by atoms with van der Waals surface area (Å²) in [6.45, 7) is 6.22. The second-order valence-electron chi connectivity index (χ2n) is 5.28. The highest BCUT2D eigenvalue weighted by molar-refractivity contribution is 9.10. The maximum absolute atomic E-state index is 10.4. The van der Waals surface area contributed by atoms with Crippen LogP contribution in [0.2, 0.25) is 0 Å². The molecule has 0 aliphatic rings. The molecule has 0 saturated carbocycles. The molecular weight excluding hydrogens is 300 g/mol. The molecule has 0 radical (unpaired) electrons. The van der Waals surface area contributed by atoms with Gasteiger partial charge in [0.25, 0.3) is 0 Å². The van der Waals surface area contributed by atoms with Crippen molar-refractivity contribution < 1.29 is 5.11 Å². The third-order valence-corrected chi connectivity index (χ3v) is 3.62. The van der Waals surface area contributed by atoms with Crippen molar-refractivity contribution in [3.8, 4) is 0 Å². The molecular formula is C17H19BrO. The molecule has 1 atom stereocenters. The van der Waals surface area contributed by atoms with E-state index in [1.54, 1.807) is 0 Å². The summed E-state index contributed by atoms with van der Waals surface area (Å²) in [4.78, 5) is 0. The molecule has 0 saturated heterocycles. The SMILES string of the molecule is Cc1cc(C)cc(CC(O)c2cc(C)cc(Br)c2)c1. The summed E-state index contributed by atoms with van der Waals surface area (Å²) < 4.78 is 1.02. The first kappa shape index (κ1) is 14.3. The molecule has 2 rings (SSSR count). The average molecular weight is 319 g/mol. The van der Waals surface area contributed by atoms with Crippen LogP contribution in [-0.2, 0) is 6.42 Å². The fraction of sp³-hybridized carbons (Fsp3) is 0.294. The van der Waals surface area contributed by atoms with Gasteiger partial charge in [-0.15, -0.1) is 0 Å². The Kier molecular flexibility index (Phi) is 4.43. The minimum Gasteiger partial charge on any atom is -0.388 e. The Morgan fingerprint density at radius 3 is 2.05 bits per heavy atom. The topological polar surface area (TPSA) is 20.2 Å². The molecule has 1 unspecified atom stereocenters. The standard InChI is InChI=1S/C17H19BrO/c1-11-4-12(2)6-14(5-11)9-17(19)15-7-13(3)8-16(18)10-15/h4-8,10,17,19H,9H2,1-3H3. The van der Waals surface area contributed by atoms with Crippen LogP contribution in [0.15, 0.2) is 40.9 Å². The van der Waals surface area contributed by atoms with Gasteiger partial charge < -0.3 is 5.11 Å². The fourth-order valence-electron chi connectivity index (χ4n) is 2.48. The van der Waals surface area contributed by atoms with Crippen molar-refractivity contribution in [1.29, 1.82) is 0 Å². The van der Waals surface area contributed by atoms with Gasteiger partial charge in [0.15, 0.2) is 0 Å². The zero-order valence-corrected chi connectivity index (χ0v) is 13.2. The van der Waals surface area contributed by atoms with E-state index in [-0.39, 0.29) is 0 Å². The van der Waals surface area contributed by atoms with Crippen molar-refractivity contribution in [1.82, 2.24) is 0 Å². The predicted octanol–water partition coefficient (Wildman–Crippen LogP) is 4.65. The molecule has 100 valence electrons. The third kappa shape index (κ3) is 3.92. The molecule has 1 N–H and O–H groups in total. The molecule has 0 aromatic heterocycles. The molecule has 0 bridgehead atoms. The summed E-state index contributed by atoms with van der Waals surface area (Å²) in [7, 11) is 0. The molecule has 0 amide bonds. The predicted molar refractivity (Wildman–Crippen MR) is 83.5 cm³/mol. The smallest absolute Gasteiger partial charge is 0.0830 e. The van der Waals surface area contributed by atoms with Gasteiger partial charge in [0.05, 0.1) is 6.10 Å². The molecule has 2 aromatic rings. The second-order valence-corrected chi connectivity index (χ2v) is 6.19. The largest absolute Gasteiger partial charge is 0.388 e. The quantitative estimate of drug-likeness (QED) is 0.873. The molecule has 2 heteroatoms. The first-order valence-corrected chi connectivity index (χ1v) is 7.25. The lowest BCUT2D eigenvalue weighted by molar-refractivity contribution is 0.178. The van der Waals surface area contributed by atoms with Gasteiger partial charge in [0.2, 0.25) is 0 Å². The monoisotopic (exact) mass is 318 g/mol. The number of hydrogen-bond donors (Lipinski definition) is 1. The van der Waals surface area contributed by atoms with Crippen molar-refractivity contribution in [2.45, 2.75) is 33.3 Å². The van der Waals surface area contributed by atoms with Crippen LogP contribution in [0.5, 0.6) is 0 Å². The van der Waals surface area contributed by atoms with E-state index >= 15 is 0 Å².